The van der Waals surface area contributed by atoms with Crippen molar-refractivity contribution in [3.8, 4) is 0 Å². The van der Waals surface area contributed by atoms with Gasteiger partial charge in [-0.2, -0.15) is 0 Å². The number of hydrogen-bond acceptors (Lipinski definition) is 1. The molecule has 1 aliphatic carbocycles. The zero-order chi connectivity index (χ0) is 14.8. The van der Waals surface area contributed by atoms with Crippen LogP contribution < -0.4 is 5.32 Å². The summed E-state index contributed by atoms with van der Waals surface area (Å²) in [6.45, 7) is 0.444. The summed E-state index contributed by atoms with van der Waals surface area (Å²) in [6, 6.07) is 14.0. The van der Waals surface area contributed by atoms with Crippen molar-refractivity contribution < 1.29 is 9.18 Å². The Hall–Kier alpha value is -1.87. The van der Waals surface area contributed by atoms with Gasteiger partial charge in [0.2, 0.25) is 5.91 Å². The van der Waals surface area contributed by atoms with Gasteiger partial charge in [-0.1, -0.05) is 41.9 Å². The first-order valence-corrected chi connectivity index (χ1v) is 7.29. The van der Waals surface area contributed by atoms with Crippen molar-refractivity contribution in [2.45, 2.75) is 18.9 Å². The molecule has 108 valence electrons. The van der Waals surface area contributed by atoms with Crippen LogP contribution in [0.2, 0.25) is 5.02 Å². The SMILES string of the molecule is O=C(NCc1cccc(Cl)c1)C1CC1c1ccccc1F. The molecule has 0 spiro atoms. The quantitative estimate of drug-likeness (QED) is 0.912. The number of benzene rings is 2. The highest BCUT2D eigenvalue weighted by Crippen LogP contribution is 2.48. The molecule has 0 aromatic heterocycles. The summed E-state index contributed by atoms with van der Waals surface area (Å²) in [5.74, 6) is -0.373. The van der Waals surface area contributed by atoms with Crippen LogP contribution in [0.1, 0.15) is 23.5 Å². The number of rotatable bonds is 4. The maximum atomic E-state index is 13.7. The summed E-state index contributed by atoms with van der Waals surface area (Å²) in [5.41, 5.74) is 1.60. The van der Waals surface area contributed by atoms with Crippen molar-refractivity contribution in [2.75, 3.05) is 0 Å². The third-order valence-corrected chi connectivity index (χ3v) is 4.02. The molecule has 0 bridgehead atoms. The highest BCUT2D eigenvalue weighted by molar-refractivity contribution is 6.30. The topological polar surface area (TPSA) is 29.1 Å². The van der Waals surface area contributed by atoms with Crippen molar-refractivity contribution in [3.63, 3.8) is 0 Å². The Balaban J connectivity index is 1.57. The van der Waals surface area contributed by atoms with E-state index in [1.165, 1.54) is 6.07 Å². The lowest BCUT2D eigenvalue weighted by molar-refractivity contribution is -0.122. The van der Waals surface area contributed by atoms with Gasteiger partial charge < -0.3 is 5.32 Å². The van der Waals surface area contributed by atoms with Crippen molar-refractivity contribution >= 4 is 17.5 Å². The third kappa shape index (κ3) is 3.24. The fraction of sp³-hybridized carbons (Fsp3) is 0.235. The van der Waals surface area contributed by atoms with Crippen LogP contribution in [0.5, 0.6) is 0 Å². The molecular weight excluding hydrogens is 289 g/mol. The molecule has 1 N–H and O–H groups in total. The lowest BCUT2D eigenvalue weighted by Crippen LogP contribution is -2.24. The van der Waals surface area contributed by atoms with Gasteiger partial charge >= 0.3 is 0 Å². The van der Waals surface area contributed by atoms with Gasteiger partial charge in [0.15, 0.2) is 0 Å². The van der Waals surface area contributed by atoms with E-state index in [-0.39, 0.29) is 23.6 Å². The molecule has 1 amide bonds. The smallest absolute Gasteiger partial charge is 0.224 e. The van der Waals surface area contributed by atoms with Gasteiger partial charge in [0.25, 0.3) is 0 Å². The summed E-state index contributed by atoms with van der Waals surface area (Å²) in [4.78, 5) is 12.1. The number of nitrogens with one attached hydrogen (secondary N) is 1. The van der Waals surface area contributed by atoms with E-state index in [1.807, 2.05) is 18.2 Å². The van der Waals surface area contributed by atoms with Crippen molar-refractivity contribution in [1.29, 1.82) is 0 Å². The number of carbonyl (C=O) groups excluding carboxylic acids is 1. The predicted octanol–water partition coefficient (Wildman–Crippen LogP) is 3.90. The molecule has 1 saturated carbocycles. The van der Waals surface area contributed by atoms with Crippen LogP contribution >= 0.6 is 11.6 Å². The predicted molar refractivity (Wildman–Crippen MR) is 80.5 cm³/mol. The van der Waals surface area contributed by atoms with Gasteiger partial charge in [-0.15, -0.1) is 0 Å². The highest BCUT2D eigenvalue weighted by Gasteiger charge is 2.44. The number of halogens is 2. The zero-order valence-electron chi connectivity index (χ0n) is 11.4. The number of hydrogen-bond donors (Lipinski definition) is 1. The fourth-order valence-corrected chi connectivity index (χ4v) is 2.78. The Kier molecular flexibility index (Phi) is 3.93. The number of carbonyl (C=O) groups is 1. The lowest BCUT2D eigenvalue weighted by Gasteiger charge is -2.06. The van der Waals surface area contributed by atoms with Gasteiger partial charge in [-0.25, -0.2) is 4.39 Å². The van der Waals surface area contributed by atoms with Crippen LogP contribution in [-0.2, 0) is 11.3 Å². The molecule has 2 atom stereocenters. The second-order valence-electron chi connectivity index (χ2n) is 5.32. The Morgan fingerprint density at radius 3 is 2.81 bits per heavy atom. The minimum Gasteiger partial charge on any atom is -0.352 e. The van der Waals surface area contributed by atoms with Crippen LogP contribution in [0.4, 0.5) is 4.39 Å². The summed E-state index contributed by atoms with van der Waals surface area (Å²) in [7, 11) is 0. The van der Waals surface area contributed by atoms with Gasteiger partial charge in [0, 0.05) is 17.5 Å². The van der Waals surface area contributed by atoms with E-state index < -0.39 is 0 Å². The molecule has 4 heteroatoms. The molecule has 0 heterocycles. The van der Waals surface area contributed by atoms with E-state index >= 15 is 0 Å². The first kappa shape index (κ1) is 14.1. The molecule has 1 fully saturated rings. The summed E-state index contributed by atoms with van der Waals surface area (Å²) in [5, 5.41) is 3.54. The Labute approximate surface area is 127 Å². The Morgan fingerprint density at radius 1 is 1.24 bits per heavy atom. The maximum absolute atomic E-state index is 13.7. The second-order valence-corrected chi connectivity index (χ2v) is 5.75. The van der Waals surface area contributed by atoms with E-state index in [2.05, 4.69) is 5.32 Å². The minimum atomic E-state index is -0.229. The summed E-state index contributed by atoms with van der Waals surface area (Å²) < 4.78 is 13.7. The molecule has 3 rings (SSSR count). The van der Waals surface area contributed by atoms with E-state index in [4.69, 9.17) is 11.6 Å². The van der Waals surface area contributed by atoms with Crippen LogP contribution in [0, 0.1) is 11.7 Å². The molecule has 2 aromatic carbocycles. The molecule has 2 aromatic rings. The van der Waals surface area contributed by atoms with Crippen molar-refractivity contribution in [2.24, 2.45) is 5.92 Å². The zero-order valence-corrected chi connectivity index (χ0v) is 12.1. The molecule has 1 aliphatic rings. The average molecular weight is 304 g/mol. The molecular formula is C17H15ClFNO. The van der Waals surface area contributed by atoms with E-state index in [9.17, 15) is 9.18 Å². The van der Waals surface area contributed by atoms with E-state index in [0.29, 0.717) is 23.6 Å². The summed E-state index contributed by atoms with van der Waals surface area (Å²) >= 11 is 5.90. The van der Waals surface area contributed by atoms with Crippen molar-refractivity contribution in [3.05, 3.63) is 70.5 Å². The number of amides is 1. The minimum absolute atomic E-state index is 0.00515. The van der Waals surface area contributed by atoms with Crippen molar-refractivity contribution in [1.82, 2.24) is 5.32 Å². The van der Waals surface area contributed by atoms with Gasteiger partial charge in [0.1, 0.15) is 5.82 Å². The first-order valence-electron chi connectivity index (χ1n) is 6.92. The second kappa shape index (κ2) is 5.86. The standard InChI is InChI=1S/C17H15ClFNO/c18-12-5-3-4-11(8-12)10-20-17(21)15-9-14(15)13-6-1-2-7-16(13)19/h1-8,14-15H,9-10H2,(H,20,21). The molecule has 2 unspecified atom stereocenters. The molecule has 21 heavy (non-hydrogen) atoms. The fourth-order valence-electron chi connectivity index (χ4n) is 2.57. The highest BCUT2D eigenvalue weighted by atomic mass is 35.5. The largest absolute Gasteiger partial charge is 0.352 e. The maximum Gasteiger partial charge on any atom is 0.224 e. The van der Waals surface area contributed by atoms with Gasteiger partial charge in [-0.05, 0) is 41.7 Å². The van der Waals surface area contributed by atoms with E-state index in [1.54, 1.807) is 24.3 Å². The van der Waals surface area contributed by atoms with E-state index in [0.717, 1.165) is 5.56 Å². The van der Waals surface area contributed by atoms with Crippen LogP contribution in [0.3, 0.4) is 0 Å². The Bertz CT molecular complexity index is 673. The molecule has 2 nitrogen and oxygen atoms in total. The monoisotopic (exact) mass is 303 g/mol. The van der Waals surface area contributed by atoms with Crippen LogP contribution in [-0.4, -0.2) is 5.91 Å². The first-order chi connectivity index (χ1) is 10.1. The molecule has 0 saturated heterocycles. The normalized spacial score (nSPS) is 20.1. The van der Waals surface area contributed by atoms with Gasteiger partial charge in [-0.3, -0.25) is 4.79 Å². The summed E-state index contributed by atoms with van der Waals surface area (Å²) in [6.07, 6.45) is 0.711. The third-order valence-electron chi connectivity index (χ3n) is 3.79. The Morgan fingerprint density at radius 2 is 2.05 bits per heavy atom. The van der Waals surface area contributed by atoms with Crippen LogP contribution in [0.25, 0.3) is 0 Å². The van der Waals surface area contributed by atoms with Gasteiger partial charge in [0.05, 0.1) is 0 Å². The molecule has 0 radical (unpaired) electrons. The van der Waals surface area contributed by atoms with Crippen LogP contribution in [0.15, 0.2) is 48.5 Å². The molecule has 0 aliphatic heterocycles. The lowest BCUT2D eigenvalue weighted by atomic mass is 10.1. The average Bonchev–Trinajstić information content (AvgIpc) is 3.26.